The molecule has 4 aliphatic carbocycles. The summed E-state index contributed by atoms with van der Waals surface area (Å²) in [5.74, 6) is 2.74. The number of aliphatic hydroxyl groups is 2. The van der Waals surface area contributed by atoms with Crippen LogP contribution in [-0.4, -0.2) is 21.9 Å². The monoisotopic (exact) mass is 400 g/mol. The van der Waals surface area contributed by atoms with Crippen molar-refractivity contribution in [3.8, 4) is 0 Å². The van der Waals surface area contributed by atoms with E-state index in [0.717, 1.165) is 49.9 Å². The second kappa shape index (κ2) is 7.52. The Bertz CT molecular complexity index is 685. The fraction of sp³-hybridized carbons (Fsp3) is 0.852. The quantitative estimate of drug-likeness (QED) is 0.534. The number of hydrogen-bond acceptors (Lipinski definition) is 2. The Morgan fingerprint density at radius 2 is 1.90 bits per heavy atom. The average Bonchev–Trinajstić information content (AvgIpc) is 3.00. The third-order valence-electron chi connectivity index (χ3n) is 10.0. The lowest BCUT2D eigenvalue weighted by molar-refractivity contribution is -0.104. The van der Waals surface area contributed by atoms with Crippen LogP contribution in [0.3, 0.4) is 0 Å². The predicted octanol–water partition coefficient (Wildman–Crippen LogP) is 6.42. The number of rotatable bonds is 4. The molecule has 4 rings (SSSR count). The third kappa shape index (κ3) is 3.57. The number of aliphatic hydroxyl groups excluding tert-OH is 1. The molecule has 29 heavy (non-hydrogen) atoms. The molecule has 3 saturated carbocycles. The molecule has 0 amide bonds. The van der Waals surface area contributed by atoms with Crippen molar-refractivity contribution in [1.29, 1.82) is 0 Å². The highest BCUT2D eigenvalue weighted by Crippen LogP contribution is 2.67. The molecule has 3 fully saturated rings. The third-order valence-corrected chi connectivity index (χ3v) is 10.0. The second-order valence-corrected chi connectivity index (χ2v) is 12.0. The Kier molecular flexibility index (Phi) is 5.61. The molecular formula is C27H44O2. The van der Waals surface area contributed by atoms with Crippen molar-refractivity contribution in [1.82, 2.24) is 0 Å². The van der Waals surface area contributed by atoms with Crippen molar-refractivity contribution in [2.45, 2.75) is 111 Å². The molecular weight excluding hydrogens is 356 g/mol. The summed E-state index contributed by atoms with van der Waals surface area (Å²) in [5, 5.41) is 21.7. The molecule has 0 radical (unpaired) electrons. The number of allylic oxidation sites excluding steroid dienone is 3. The first-order valence-electron chi connectivity index (χ1n) is 12.3. The SMILES string of the molecule is CC(C)=CCC[C@](C)(O)C1CCC2C3CC=C4C[C@@H](O)CC[C@]4(C)C3CC[C@@]21C. The van der Waals surface area contributed by atoms with Gasteiger partial charge in [-0.25, -0.2) is 0 Å². The Labute approximate surface area is 178 Å². The van der Waals surface area contributed by atoms with E-state index in [4.69, 9.17) is 0 Å². The van der Waals surface area contributed by atoms with E-state index in [1.165, 1.54) is 37.7 Å². The summed E-state index contributed by atoms with van der Waals surface area (Å²) in [6.45, 7) is 11.5. The normalized spacial score (nSPS) is 46.0. The fourth-order valence-electron chi connectivity index (χ4n) is 8.49. The van der Waals surface area contributed by atoms with Crippen LogP contribution >= 0.6 is 0 Å². The summed E-state index contributed by atoms with van der Waals surface area (Å²) in [6, 6.07) is 0. The lowest BCUT2D eigenvalue weighted by Gasteiger charge is -2.59. The fourth-order valence-corrected chi connectivity index (χ4v) is 8.49. The molecule has 0 aromatic rings. The van der Waals surface area contributed by atoms with E-state index in [1.54, 1.807) is 5.57 Å². The van der Waals surface area contributed by atoms with Gasteiger partial charge in [0, 0.05) is 0 Å². The van der Waals surface area contributed by atoms with Gasteiger partial charge >= 0.3 is 0 Å². The highest BCUT2D eigenvalue weighted by atomic mass is 16.3. The lowest BCUT2D eigenvalue weighted by Crippen LogP contribution is -2.53. The van der Waals surface area contributed by atoms with Crippen molar-refractivity contribution in [2.24, 2.45) is 34.5 Å². The lowest BCUT2D eigenvalue weighted by atomic mass is 9.46. The van der Waals surface area contributed by atoms with E-state index < -0.39 is 5.60 Å². The Balaban J connectivity index is 1.55. The molecule has 2 heteroatoms. The highest BCUT2D eigenvalue weighted by molar-refractivity contribution is 5.25. The molecule has 0 aliphatic heterocycles. The van der Waals surface area contributed by atoms with E-state index in [-0.39, 0.29) is 11.5 Å². The highest BCUT2D eigenvalue weighted by Gasteiger charge is 2.61. The minimum absolute atomic E-state index is 0.119. The van der Waals surface area contributed by atoms with Crippen molar-refractivity contribution >= 4 is 0 Å². The van der Waals surface area contributed by atoms with Crippen LogP contribution < -0.4 is 0 Å². The smallest absolute Gasteiger partial charge is 0.0656 e. The van der Waals surface area contributed by atoms with E-state index in [0.29, 0.717) is 11.3 Å². The second-order valence-electron chi connectivity index (χ2n) is 12.0. The van der Waals surface area contributed by atoms with Crippen LogP contribution in [0.15, 0.2) is 23.3 Å². The van der Waals surface area contributed by atoms with Crippen LogP contribution in [-0.2, 0) is 0 Å². The maximum absolute atomic E-state index is 11.5. The number of fused-ring (bicyclic) bond motifs is 5. The van der Waals surface area contributed by atoms with Gasteiger partial charge in [-0.2, -0.15) is 0 Å². The van der Waals surface area contributed by atoms with Crippen molar-refractivity contribution < 1.29 is 10.2 Å². The maximum Gasteiger partial charge on any atom is 0.0656 e. The molecule has 8 atom stereocenters. The van der Waals surface area contributed by atoms with Crippen LogP contribution in [0.1, 0.15) is 98.8 Å². The topological polar surface area (TPSA) is 40.5 Å². The first-order valence-corrected chi connectivity index (χ1v) is 12.3. The molecule has 0 saturated heterocycles. The molecule has 0 bridgehead atoms. The summed E-state index contributed by atoms with van der Waals surface area (Å²) in [7, 11) is 0. The minimum Gasteiger partial charge on any atom is -0.393 e. The van der Waals surface area contributed by atoms with E-state index in [2.05, 4.69) is 46.8 Å². The average molecular weight is 401 g/mol. The summed E-state index contributed by atoms with van der Waals surface area (Å²) >= 11 is 0. The van der Waals surface area contributed by atoms with E-state index in [1.807, 2.05) is 0 Å². The molecule has 2 nitrogen and oxygen atoms in total. The molecule has 0 spiro atoms. The Morgan fingerprint density at radius 1 is 1.14 bits per heavy atom. The van der Waals surface area contributed by atoms with E-state index in [9.17, 15) is 10.2 Å². The molecule has 2 N–H and O–H groups in total. The van der Waals surface area contributed by atoms with Gasteiger partial charge in [-0.1, -0.05) is 37.1 Å². The summed E-state index contributed by atoms with van der Waals surface area (Å²) in [4.78, 5) is 0. The zero-order chi connectivity index (χ0) is 21.0. The summed E-state index contributed by atoms with van der Waals surface area (Å²) in [5.41, 5.74) is 2.95. The van der Waals surface area contributed by atoms with Gasteiger partial charge in [-0.05, 0) is 119 Å². The molecule has 4 aliphatic rings. The van der Waals surface area contributed by atoms with Gasteiger partial charge in [0.2, 0.25) is 0 Å². The van der Waals surface area contributed by atoms with Crippen molar-refractivity contribution in [3.63, 3.8) is 0 Å². The predicted molar refractivity (Wildman–Crippen MR) is 120 cm³/mol. The van der Waals surface area contributed by atoms with Crippen LogP contribution in [0.2, 0.25) is 0 Å². The maximum atomic E-state index is 11.5. The van der Waals surface area contributed by atoms with Gasteiger partial charge in [0.15, 0.2) is 0 Å². The summed E-state index contributed by atoms with van der Waals surface area (Å²) < 4.78 is 0. The van der Waals surface area contributed by atoms with Crippen molar-refractivity contribution in [2.75, 3.05) is 0 Å². The molecule has 4 unspecified atom stereocenters. The standard InChI is InChI=1S/C27H44O2/c1-18(2)7-6-14-27(5,29)24-11-10-22-21-9-8-19-17-20(28)12-15-25(19,3)23(21)13-16-26(22,24)4/h7-8,20-24,28-29H,6,9-17H2,1-5H3/t20-,21?,22?,23?,24?,25-,26-,27-/m0/s1. The van der Waals surface area contributed by atoms with Crippen LogP contribution in [0.4, 0.5) is 0 Å². The number of hydrogen-bond donors (Lipinski definition) is 2. The van der Waals surface area contributed by atoms with Crippen molar-refractivity contribution in [3.05, 3.63) is 23.3 Å². The van der Waals surface area contributed by atoms with Gasteiger partial charge < -0.3 is 10.2 Å². The molecule has 164 valence electrons. The molecule has 0 aromatic carbocycles. The van der Waals surface area contributed by atoms with Gasteiger partial charge in [0.25, 0.3) is 0 Å². The molecule has 0 aromatic heterocycles. The van der Waals surface area contributed by atoms with Gasteiger partial charge in [0.1, 0.15) is 0 Å². The molecule has 0 heterocycles. The van der Waals surface area contributed by atoms with Crippen LogP contribution in [0.5, 0.6) is 0 Å². The first kappa shape index (κ1) is 21.6. The van der Waals surface area contributed by atoms with Gasteiger partial charge in [0.05, 0.1) is 11.7 Å². The summed E-state index contributed by atoms with van der Waals surface area (Å²) in [6.07, 6.45) is 15.9. The zero-order valence-corrected chi connectivity index (χ0v) is 19.5. The largest absolute Gasteiger partial charge is 0.393 e. The minimum atomic E-state index is -0.559. The Hall–Kier alpha value is -0.600. The zero-order valence-electron chi connectivity index (χ0n) is 19.5. The van der Waals surface area contributed by atoms with E-state index >= 15 is 0 Å². The van der Waals surface area contributed by atoms with Gasteiger partial charge in [-0.15, -0.1) is 0 Å². The van der Waals surface area contributed by atoms with Gasteiger partial charge in [-0.3, -0.25) is 0 Å². The first-order chi connectivity index (χ1) is 13.6. The Morgan fingerprint density at radius 3 is 2.62 bits per heavy atom. The van der Waals surface area contributed by atoms with Crippen LogP contribution in [0.25, 0.3) is 0 Å². The van der Waals surface area contributed by atoms with Crippen LogP contribution in [0, 0.1) is 34.5 Å².